The van der Waals surface area contributed by atoms with Crippen LogP contribution < -0.4 is 0 Å². The SMILES string of the molecule is CC#CC1(OC(=O)c2ccc(-[s+]3c4ccccc4c4ccccc43)cc2)CC=CC1. The Morgan fingerprint density at radius 1 is 0.867 bits per heavy atom. The number of ether oxygens (including phenoxy) is 1. The molecular weight excluding hydrogens is 388 g/mol. The first-order valence-corrected chi connectivity index (χ1v) is 11.3. The lowest BCUT2D eigenvalue weighted by atomic mass is 10.0. The molecule has 30 heavy (non-hydrogen) atoms. The molecule has 1 aromatic heterocycles. The van der Waals surface area contributed by atoms with Crippen molar-refractivity contribution in [3.8, 4) is 16.7 Å². The third kappa shape index (κ3) is 3.10. The summed E-state index contributed by atoms with van der Waals surface area (Å²) in [4.78, 5) is 14.0. The first-order chi connectivity index (χ1) is 14.7. The van der Waals surface area contributed by atoms with Gasteiger partial charge in [-0.3, -0.25) is 0 Å². The Hall–Kier alpha value is -3.35. The Morgan fingerprint density at radius 3 is 2.00 bits per heavy atom. The van der Waals surface area contributed by atoms with Gasteiger partial charge in [0, 0.05) is 34.1 Å². The van der Waals surface area contributed by atoms with Crippen LogP contribution in [0, 0.1) is 11.8 Å². The lowest BCUT2D eigenvalue weighted by Crippen LogP contribution is -2.30. The van der Waals surface area contributed by atoms with Gasteiger partial charge in [-0.25, -0.2) is 4.79 Å². The summed E-state index contributed by atoms with van der Waals surface area (Å²) in [7, 11) is -0.162. The molecule has 2 nitrogen and oxygen atoms in total. The fourth-order valence-corrected chi connectivity index (χ4v) is 6.52. The van der Waals surface area contributed by atoms with Gasteiger partial charge >= 0.3 is 5.97 Å². The van der Waals surface area contributed by atoms with Gasteiger partial charge in [0.2, 0.25) is 0 Å². The largest absolute Gasteiger partial charge is 0.442 e. The van der Waals surface area contributed by atoms with E-state index in [9.17, 15) is 4.79 Å². The van der Waals surface area contributed by atoms with Gasteiger partial charge in [0.15, 0.2) is 19.9 Å². The average Bonchev–Trinajstić information content (AvgIpc) is 3.37. The molecule has 0 spiro atoms. The van der Waals surface area contributed by atoms with E-state index in [1.54, 1.807) is 6.92 Å². The number of rotatable bonds is 3. The number of fused-ring (bicyclic) bond motifs is 3. The lowest BCUT2D eigenvalue weighted by molar-refractivity contribution is 0.0124. The van der Waals surface area contributed by atoms with Gasteiger partial charge in [-0.2, -0.15) is 0 Å². The van der Waals surface area contributed by atoms with Crippen LogP contribution in [-0.2, 0) is 4.74 Å². The maximum absolute atomic E-state index is 12.8. The van der Waals surface area contributed by atoms with Crippen LogP contribution in [0.4, 0.5) is 0 Å². The van der Waals surface area contributed by atoms with Crippen LogP contribution >= 0.6 is 10.5 Å². The van der Waals surface area contributed by atoms with E-state index in [2.05, 4.69) is 72.5 Å². The third-order valence-corrected chi connectivity index (χ3v) is 7.87. The summed E-state index contributed by atoms with van der Waals surface area (Å²) in [5, 5.41) is 2.60. The quantitative estimate of drug-likeness (QED) is 0.158. The second kappa shape index (κ2) is 7.48. The maximum Gasteiger partial charge on any atom is 0.339 e. The number of carbonyl (C=O) groups excluding carboxylic acids is 1. The zero-order chi connectivity index (χ0) is 20.6. The lowest BCUT2D eigenvalue weighted by Gasteiger charge is -2.23. The van der Waals surface area contributed by atoms with Gasteiger partial charge in [-0.05, 0) is 55.5 Å². The van der Waals surface area contributed by atoms with Crippen molar-refractivity contribution in [3.05, 3.63) is 90.5 Å². The normalized spacial score (nSPS) is 14.6. The van der Waals surface area contributed by atoms with Gasteiger partial charge in [-0.15, -0.1) is 5.92 Å². The van der Waals surface area contributed by atoms with Crippen molar-refractivity contribution in [1.82, 2.24) is 0 Å². The molecule has 0 saturated heterocycles. The Kier molecular flexibility index (Phi) is 4.65. The molecule has 146 valence electrons. The molecule has 0 radical (unpaired) electrons. The standard InChI is InChI=1S/C27H21O2S/c1-2-17-27(18-7-8-19-27)29-26(28)20-13-15-21(16-14-20)30-24-11-5-3-9-22(24)23-10-4-6-12-25(23)30/h3-16H,18-19H2,1H3/q+1. The molecule has 1 heterocycles. The number of benzene rings is 3. The van der Waals surface area contributed by atoms with E-state index < -0.39 is 5.60 Å². The minimum absolute atomic E-state index is 0.162. The van der Waals surface area contributed by atoms with Crippen molar-refractivity contribution in [3.63, 3.8) is 0 Å². The molecule has 5 rings (SSSR count). The molecule has 0 atom stereocenters. The molecule has 0 N–H and O–H groups in total. The molecule has 1 aliphatic rings. The maximum atomic E-state index is 12.8. The van der Waals surface area contributed by atoms with Crippen LogP contribution in [0.3, 0.4) is 0 Å². The Labute approximate surface area is 178 Å². The molecule has 0 aliphatic heterocycles. The highest BCUT2D eigenvalue weighted by Crippen LogP contribution is 2.48. The number of hydrogen-bond acceptors (Lipinski definition) is 2. The predicted molar refractivity (Wildman–Crippen MR) is 125 cm³/mol. The van der Waals surface area contributed by atoms with E-state index in [1.807, 2.05) is 24.3 Å². The van der Waals surface area contributed by atoms with Crippen LogP contribution in [0.1, 0.15) is 30.1 Å². The van der Waals surface area contributed by atoms with E-state index >= 15 is 0 Å². The van der Waals surface area contributed by atoms with E-state index in [0.717, 1.165) is 0 Å². The van der Waals surface area contributed by atoms with Crippen LogP contribution in [0.15, 0.2) is 84.9 Å². The molecule has 0 saturated carbocycles. The fraction of sp³-hybridized carbons (Fsp3) is 0.148. The van der Waals surface area contributed by atoms with Crippen LogP contribution in [0.25, 0.3) is 25.1 Å². The van der Waals surface area contributed by atoms with Crippen molar-refractivity contribution >= 4 is 36.6 Å². The summed E-state index contributed by atoms with van der Waals surface area (Å²) >= 11 is 0. The molecular formula is C27H21O2S+. The first kappa shape index (κ1) is 18.7. The Morgan fingerprint density at radius 2 is 1.43 bits per heavy atom. The summed E-state index contributed by atoms with van der Waals surface area (Å²) in [6.07, 6.45) is 5.34. The summed E-state index contributed by atoms with van der Waals surface area (Å²) in [5.41, 5.74) is -0.150. The number of carbonyl (C=O) groups is 1. The monoisotopic (exact) mass is 409 g/mol. The molecule has 0 bridgehead atoms. The summed E-state index contributed by atoms with van der Waals surface area (Å²) in [5.74, 6) is 5.67. The summed E-state index contributed by atoms with van der Waals surface area (Å²) in [6.45, 7) is 1.78. The average molecular weight is 410 g/mol. The van der Waals surface area contributed by atoms with E-state index in [0.29, 0.717) is 18.4 Å². The molecule has 4 aromatic rings. The number of hydrogen-bond donors (Lipinski definition) is 0. The predicted octanol–water partition coefficient (Wildman–Crippen LogP) is 7.00. The van der Waals surface area contributed by atoms with Gasteiger partial charge in [0.1, 0.15) is 0 Å². The molecule has 0 fully saturated rings. The summed E-state index contributed by atoms with van der Waals surface area (Å²) in [6, 6.07) is 25.1. The second-order valence-electron chi connectivity index (χ2n) is 7.46. The van der Waals surface area contributed by atoms with Crippen molar-refractivity contribution in [2.24, 2.45) is 0 Å². The highest BCUT2D eigenvalue weighted by Gasteiger charge is 2.33. The minimum Gasteiger partial charge on any atom is -0.442 e. The fourth-order valence-electron chi connectivity index (χ4n) is 4.14. The highest BCUT2D eigenvalue weighted by molar-refractivity contribution is 7.50. The molecule has 0 unspecified atom stereocenters. The van der Waals surface area contributed by atoms with Crippen molar-refractivity contribution < 1.29 is 9.53 Å². The Balaban J connectivity index is 1.51. The van der Waals surface area contributed by atoms with Gasteiger partial charge in [0.05, 0.1) is 5.56 Å². The topological polar surface area (TPSA) is 26.3 Å². The number of thiophene rings is 1. The number of esters is 1. The van der Waals surface area contributed by atoms with Crippen LogP contribution in [0.5, 0.6) is 0 Å². The highest BCUT2D eigenvalue weighted by atomic mass is 32.2. The van der Waals surface area contributed by atoms with E-state index in [-0.39, 0.29) is 16.4 Å². The first-order valence-electron chi connectivity index (χ1n) is 10.1. The molecule has 3 aromatic carbocycles. The smallest absolute Gasteiger partial charge is 0.339 e. The van der Waals surface area contributed by atoms with Gasteiger partial charge in [-0.1, -0.05) is 42.3 Å². The van der Waals surface area contributed by atoms with Crippen molar-refractivity contribution in [2.45, 2.75) is 25.4 Å². The molecule has 0 amide bonds. The third-order valence-electron chi connectivity index (χ3n) is 5.53. The summed E-state index contributed by atoms with van der Waals surface area (Å²) < 4.78 is 8.50. The zero-order valence-corrected chi connectivity index (χ0v) is 17.5. The van der Waals surface area contributed by atoms with Crippen molar-refractivity contribution in [1.29, 1.82) is 0 Å². The van der Waals surface area contributed by atoms with E-state index in [1.165, 1.54) is 25.1 Å². The zero-order valence-electron chi connectivity index (χ0n) is 16.7. The Bertz CT molecular complexity index is 1290. The molecule has 1 aliphatic carbocycles. The van der Waals surface area contributed by atoms with Gasteiger partial charge in [0.25, 0.3) is 0 Å². The van der Waals surface area contributed by atoms with Crippen LogP contribution in [-0.4, -0.2) is 11.6 Å². The van der Waals surface area contributed by atoms with Crippen molar-refractivity contribution in [2.75, 3.05) is 0 Å². The van der Waals surface area contributed by atoms with Gasteiger partial charge < -0.3 is 4.74 Å². The molecule has 3 heteroatoms. The second-order valence-corrected chi connectivity index (χ2v) is 9.42. The minimum atomic E-state index is -0.713. The van der Waals surface area contributed by atoms with Crippen LogP contribution in [0.2, 0.25) is 0 Å². The van der Waals surface area contributed by atoms with E-state index in [4.69, 9.17) is 4.74 Å².